The molecule has 12 atom stereocenters. The molecule has 0 bridgehead atoms. The first-order chi connectivity index (χ1) is 25.0. The Labute approximate surface area is 306 Å². The van der Waals surface area contributed by atoms with Crippen molar-refractivity contribution in [3.8, 4) is 0 Å². The predicted molar refractivity (Wildman–Crippen MR) is 177 cm³/mol. The number of rotatable bonds is 16. The molecule has 0 unspecified atom stereocenters. The number of carboxylic acids is 2. The molecule has 4 rings (SSSR count). The van der Waals surface area contributed by atoms with Gasteiger partial charge in [-0.2, -0.15) is 0 Å². The number of carbonyl (C=O) groups excluding carboxylic acids is 2. The SMILES string of the molecule is CC(=O)N[C@H]1[C@H]([C@@H](O)[C@@H](O)CO)O[C@](C(=O)O)(N2C=C(CO[C@H](CO)[C@@H](O)[C@@H]3O[C@@](Sc4ccccc4)(C(=O)O)C[C@H](O)[C@H]3NC(C)=O)NN2)C[C@@H]1O. The molecule has 3 aliphatic heterocycles. The van der Waals surface area contributed by atoms with Crippen LogP contribution in [-0.4, -0.2) is 166 Å². The van der Waals surface area contributed by atoms with E-state index in [0.717, 1.165) is 36.8 Å². The van der Waals surface area contributed by atoms with E-state index >= 15 is 0 Å². The van der Waals surface area contributed by atoms with Gasteiger partial charge in [-0.1, -0.05) is 30.0 Å². The molecule has 0 aromatic heterocycles. The molecule has 2 amide bonds. The van der Waals surface area contributed by atoms with Crippen LogP contribution in [0.4, 0.5) is 0 Å². The van der Waals surface area contributed by atoms with Crippen LogP contribution in [0.1, 0.15) is 26.7 Å². The summed E-state index contributed by atoms with van der Waals surface area (Å²) >= 11 is 0.760. The molecule has 0 aliphatic carbocycles. The van der Waals surface area contributed by atoms with E-state index in [1.54, 1.807) is 30.3 Å². The number of nitrogens with one attached hydrogen (secondary N) is 4. The lowest BCUT2D eigenvalue weighted by molar-refractivity contribution is -0.269. The van der Waals surface area contributed by atoms with Crippen molar-refractivity contribution in [3.63, 3.8) is 0 Å². The zero-order valence-corrected chi connectivity index (χ0v) is 29.3. The Morgan fingerprint density at radius 3 is 2.02 bits per heavy atom. The first-order valence-corrected chi connectivity index (χ1v) is 17.2. The van der Waals surface area contributed by atoms with Crippen molar-refractivity contribution >= 4 is 35.5 Å². The third kappa shape index (κ3) is 9.36. The molecule has 2 saturated heterocycles. The molecule has 0 spiro atoms. The maximum absolute atomic E-state index is 12.7. The van der Waals surface area contributed by atoms with Crippen molar-refractivity contribution in [3.05, 3.63) is 42.2 Å². The topological polar surface area (TPSA) is 329 Å². The number of aliphatic hydroxyl groups excluding tert-OH is 7. The van der Waals surface area contributed by atoms with Crippen LogP contribution in [0, 0.1) is 0 Å². The van der Waals surface area contributed by atoms with Crippen LogP contribution in [0.25, 0.3) is 0 Å². The molecule has 1 aromatic carbocycles. The number of aliphatic carboxylic acids is 2. The smallest absolute Gasteiger partial charge is 0.359 e. The summed E-state index contributed by atoms with van der Waals surface area (Å²) < 4.78 is 17.5. The number of ether oxygens (including phenoxy) is 3. The number of carbonyl (C=O) groups is 4. The van der Waals surface area contributed by atoms with Crippen LogP contribution in [0.2, 0.25) is 0 Å². The summed E-state index contributed by atoms with van der Waals surface area (Å²) in [5, 5.41) is 100. The molecule has 0 saturated carbocycles. The summed E-state index contributed by atoms with van der Waals surface area (Å²) in [6.45, 7) is -0.111. The van der Waals surface area contributed by atoms with Crippen molar-refractivity contribution in [1.82, 2.24) is 26.6 Å². The minimum absolute atomic E-state index is 0.0494. The second-order valence-corrected chi connectivity index (χ2v) is 14.1. The molecule has 21 nitrogen and oxygen atoms in total. The first-order valence-electron chi connectivity index (χ1n) is 16.3. The van der Waals surface area contributed by atoms with Gasteiger partial charge in [-0.15, -0.1) is 5.53 Å². The standard InChI is InChI=1S/C31H45N5O16S/c1-14(39)32-22-18(41)8-30(28(46)47,51-26(22)24(44)20(43)11-37)36-10-16(34-35-36)13-50-21(12-38)25(45)27-23(33-15(2)40)19(42)9-31(52-27,29(48)49)53-17-6-4-3-5-7-17/h3-7,10,18-27,34-35,37-38,41-45H,8-9,11-13H2,1-2H3,(H,32,39)(H,33,40)(H,46,47)(H,48,49)/t18-,19-,20-,21+,22+,23+,24-,25+,26+,27+,30+,31-/m0/s1. The van der Waals surface area contributed by atoms with Crippen molar-refractivity contribution in [2.24, 2.45) is 0 Å². The van der Waals surface area contributed by atoms with Crippen LogP contribution >= 0.6 is 11.8 Å². The number of benzene rings is 1. The predicted octanol–water partition coefficient (Wildman–Crippen LogP) is -4.73. The summed E-state index contributed by atoms with van der Waals surface area (Å²) in [5.74, 6) is -4.47. The number of hydrazine groups is 2. The highest BCUT2D eigenvalue weighted by Crippen LogP contribution is 2.44. The summed E-state index contributed by atoms with van der Waals surface area (Å²) in [6, 6.07) is 5.52. The van der Waals surface area contributed by atoms with Crippen molar-refractivity contribution in [2.75, 3.05) is 19.8 Å². The van der Waals surface area contributed by atoms with E-state index in [0.29, 0.717) is 4.90 Å². The summed E-state index contributed by atoms with van der Waals surface area (Å²) in [4.78, 5) is 47.6. The van der Waals surface area contributed by atoms with Crippen molar-refractivity contribution in [1.29, 1.82) is 0 Å². The molecule has 2 fully saturated rings. The van der Waals surface area contributed by atoms with Gasteiger partial charge in [0.25, 0.3) is 5.72 Å². The number of hydrogen-bond acceptors (Lipinski definition) is 18. The molecule has 1 aromatic rings. The lowest BCUT2D eigenvalue weighted by atomic mass is 9.87. The van der Waals surface area contributed by atoms with Gasteiger partial charge in [-0.3, -0.25) is 14.6 Å². The average molecular weight is 776 g/mol. The largest absolute Gasteiger partial charge is 0.478 e. The Morgan fingerprint density at radius 2 is 1.49 bits per heavy atom. The van der Waals surface area contributed by atoms with Crippen LogP contribution in [0.15, 0.2) is 47.1 Å². The van der Waals surface area contributed by atoms with E-state index in [4.69, 9.17) is 14.2 Å². The van der Waals surface area contributed by atoms with Gasteiger partial charge in [0.15, 0.2) is 0 Å². The van der Waals surface area contributed by atoms with Crippen molar-refractivity contribution in [2.45, 2.75) is 103 Å². The number of aliphatic hydroxyl groups is 7. The fourth-order valence-corrected chi connectivity index (χ4v) is 7.44. The second-order valence-electron chi connectivity index (χ2n) is 12.7. The Bertz CT molecular complexity index is 1500. The highest BCUT2D eigenvalue weighted by Gasteiger charge is 2.59. The van der Waals surface area contributed by atoms with Gasteiger partial charge in [-0.05, 0) is 12.1 Å². The quantitative estimate of drug-likeness (QED) is 0.0750. The van der Waals surface area contributed by atoms with Crippen LogP contribution in [0.3, 0.4) is 0 Å². The van der Waals surface area contributed by atoms with Crippen LogP contribution in [0.5, 0.6) is 0 Å². The Balaban J connectivity index is 1.56. The van der Waals surface area contributed by atoms with Crippen LogP contribution < -0.4 is 21.6 Å². The van der Waals surface area contributed by atoms with E-state index in [9.17, 15) is 65.1 Å². The summed E-state index contributed by atoms with van der Waals surface area (Å²) in [6.07, 6.45) is -13.9. The highest BCUT2D eigenvalue weighted by molar-refractivity contribution is 8.01. The van der Waals surface area contributed by atoms with E-state index < -0.39 is 128 Å². The third-order valence-electron chi connectivity index (χ3n) is 8.86. The Kier molecular flexibility index (Phi) is 14.0. The summed E-state index contributed by atoms with van der Waals surface area (Å²) in [7, 11) is 0. The normalized spacial score (nSPS) is 32.4. The zero-order chi connectivity index (χ0) is 39.2. The maximum atomic E-state index is 12.7. The van der Waals surface area contributed by atoms with Gasteiger partial charge in [-0.25, -0.2) is 9.59 Å². The number of hydrogen-bond donors (Lipinski definition) is 13. The molecule has 3 heterocycles. The molecule has 53 heavy (non-hydrogen) atoms. The lowest BCUT2D eigenvalue weighted by Crippen LogP contribution is -2.72. The van der Waals surface area contributed by atoms with Gasteiger partial charge < -0.3 is 76.2 Å². The lowest BCUT2D eigenvalue weighted by Gasteiger charge is -2.49. The summed E-state index contributed by atoms with van der Waals surface area (Å²) in [5.41, 5.74) is 2.66. The van der Waals surface area contributed by atoms with Gasteiger partial charge in [0.1, 0.15) is 36.6 Å². The fraction of sp³-hybridized carbons (Fsp3) is 0.613. The minimum atomic E-state index is -2.51. The molecule has 3 aliphatic rings. The molecular formula is C31H45N5O16S. The van der Waals surface area contributed by atoms with Gasteiger partial charge in [0, 0.05) is 37.8 Å². The van der Waals surface area contributed by atoms with Crippen LogP contribution in [-0.2, 0) is 33.4 Å². The van der Waals surface area contributed by atoms with E-state index in [-0.39, 0.29) is 5.70 Å². The zero-order valence-electron chi connectivity index (χ0n) is 28.5. The van der Waals surface area contributed by atoms with E-state index in [1.807, 2.05) is 0 Å². The fourth-order valence-electron chi connectivity index (χ4n) is 6.27. The molecule has 13 N–H and O–H groups in total. The Morgan fingerprint density at radius 1 is 0.906 bits per heavy atom. The third-order valence-corrected chi connectivity index (χ3v) is 10.1. The number of nitrogens with zero attached hydrogens (tertiary/aromatic N) is 1. The molecule has 0 radical (unpaired) electrons. The maximum Gasteiger partial charge on any atom is 0.359 e. The van der Waals surface area contributed by atoms with Gasteiger partial charge >= 0.3 is 11.9 Å². The van der Waals surface area contributed by atoms with Gasteiger partial charge in [0.05, 0.1) is 49.8 Å². The number of thioether (sulfide) groups is 1. The molecule has 22 heteroatoms. The number of amides is 2. The monoisotopic (exact) mass is 775 g/mol. The Hall–Kier alpha value is -3.65. The second kappa shape index (κ2) is 17.7. The average Bonchev–Trinajstić information content (AvgIpc) is 3.59. The van der Waals surface area contributed by atoms with Crippen molar-refractivity contribution < 1.29 is 79.3 Å². The van der Waals surface area contributed by atoms with Gasteiger partial charge in [0.2, 0.25) is 16.7 Å². The molecular weight excluding hydrogens is 730 g/mol. The first kappa shape index (κ1) is 42.1. The van der Waals surface area contributed by atoms with E-state index in [1.165, 1.54) is 0 Å². The van der Waals surface area contributed by atoms with E-state index in [2.05, 4.69) is 21.6 Å². The highest BCUT2D eigenvalue weighted by atomic mass is 32.2. The molecule has 296 valence electrons. The number of carboxylic acid groups (broad SMARTS) is 2. The minimum Gasteiger partial charge on any atom is -0.478 e.